The van der Waals surface area contributed by atoms with E-state index in [1.165, 1.54) is 0 Å². The smallest absolute Gasteiger partial charge is 0.339 e. The van der Waals surface area contributed by atoms with Crippen LogP contribution in [0.2, 0.25) is 0 Å². The topological polar surface area (TPSA) is 144 Å². The summed E-state index contributed by atoms with van der Waals surface area (Å²) in [5.41, 5.74) is 7.62. The Morgan fingerprint density at radius 2 is 2.02 bits per heavy atom. The number of nitrogens with one attached hydrogen (secondary N) is 1. The van der Waals surface area contributed by atoms with Crippen molar-refractivity contribution in [2.75, 3.05) is 26.2 Å². The van der Waals surface area contributed by atoms with Crippen LogP contribution in [-0.4, -0.2) is 59.3 Å². The van der Waals surface area contributed by atoms with Crippen LogP contribution in [0.3, 0.4) is 0 Å². The molecular weight excluding hydrogens is 550 g/mol. The van der Waals surface area contributed by atoms with Crippen LogP contribution < -0.4 is 21.4 Å². The van der Waals surface area contributed by atoms with Crippen LogP contribution in [0.25, 0.3) is 11.0 Å². The number of ether oxygens (including phenoxy) is 2. The summed E-state index contributed by atoms with van der Waals surface area (Å²) in [5.74, 6) is 0.657. The van der Waals surface area contributed by atoms with E-state index >= 15 is 0 Å². The second-order valence-corrected chi connectivity index (χ2v) is 12.2. The molecule has 2 aromatic rings. The summed E-state index contributed by atoms with van der Waals surface area (Å²) in [5, 5.41) is 13.1. The van der Waals surface area contributed by atoms with Gasteiger partial charge in [0.2, 0.25) is 5.91 Å². The van der Waals surface area contributed by atoms with E-state index in [2.05, 4.69) is 5.32 Å². The number of carbonyl (C=O) groups is 2. The second-order valence-electron chi connectivity index (χ2n) is 12.2. The van der Waals surface area contributed by atoms with Gasteiger partial charge in [-0.05, 0) is 81.9 Å². The molecule has 1 atom stereocenters. The molecule has 1 fully saturated rings. The first-order valence-electron chi connectivity index (χ1n) is 14.9. The van der Waals surface area contributed by atoms with Crippen LogP contribution >= 0.6 is 0 Å². The summed E-state index contributed by atoms with van der Waals surface area (Å²) >= 11 is 0. The van der Waals surface area contributed by atoms with Gasteiger partial charge in [0.05, 0.1) is 12.2 Å². The van der Waals surface area contributed by atoms with Gasteiger partial charge in [-0.2, -0.15) is 0 Å². The number of hydrogen-bond acceptors (Lipinski definition) is 9. The summed E-state index contributed by atoms with van der Waals surface area (Å²) in [6.07, 6.45) is 6.42. The quantitative estimate of drug-likeness (QED) is 0.215. The predicted octanol–water partition coefficient (Wildman–Crippen LogP) is 3.39. The highest BCUT2D eigenvalue weighted by Gasteiger charge is 2.54. The molecule has 3 aliphatic heterocycles. The molecule has 0 radical (unpaired) electrons. The molecule has 1 saturated heterocycles. The lowest BCUT2D eigenvalue weighted by atomic mass is 9.75. The molecular formula is C33H41N3O7. The number of dihydropyridines is 1. The first-order valence-corrected chi connectivity index (χ1v) is 14.9. The maximum Gasteiger partial charge on any atom is 0.339 e. The van der Waals surface area contributed by atoms with Gasteiger partial charge in [0.25, 0.3) is 0 Å². The second kappa shape index (κ2) is 11.9. The Balaban J connectivity index is 1.56. The number of carbonyl (C=O) groups excluding carboxylic acids is 2. The largest absolute Gasteiger partial charge is 0.482 e. The first kappa shape index (κ1) is 30.4. The molecule has 4 heterocycles. The summed E-state index contributed by atoms with van der Waals surface area (Å²) < 4.78 is 18.6. The molecule has 0 unspecified atom stereocenters. The molecule has 230 valence electrons. The zero-order valence-electron chi connectivity index (χ0n) is 25.4. The summed E-state index contributed by atoms with van der Waals surface area (Å²) in [6, 6.07) is 5.46. The van der Waals surface area contributed by atoms with E-state index in [0.717, 1.165) is 41.6 Å². The fraction of sp³-hybridized carbons (Fsp3) is 0.485. The third kappa shape index (κ3) is 6.06. The van der Waals surface area contributed by atoms with Gasteiger partial charge in [-0.1, -0.05) is 6.08 Å². The minimum Gasteiger partial charge on any atom is -0.482 e. The molecule has 1 aromatic heterocycles. The molecule has 3 aliphatic rings. The summed E-state index contributed by atoms with van der Waals surface area (Å²) in [7, 11) is 0. The van der Waals surface area contributed by atoms with Gasteiger partial charge in [0.15, 0.2) is 5.60 Å². The van der Waals surface area contributed by atoms with Gasteiger partial charge in [-0.15, -0.1) is 0 Å². The number of aryl methyl sites for hydroxylation is 1. The Morgan fingerprint density at radius 3 is 2.70 bits per heavy atom. The number of hydrogen-bond donors (Lipinski definition) is 3. The zero-order chi connectivity index (χ0) is 30.9. The number of aliphatic hydroxyl groups excluding tert-OH is 1. The average molecular weight is 592 g/mol. The van der Waals surface area contributed by atoms with Crippen LogP contribution in [0.4, 0.5) is 0 Å². The normalized spacial score (nSPS) is 20.3. The maximum absolute atomic E-state index is 13.1. The first-order chi connectivity index (χ1) is 20.4. The van der Waals surface area contributed by atoms with Crippen LogP contribution in [0.15, 0.2) is 62.1 Å². The Labute approximate surface area is 251 Å². The third-order valence-electron chi connectivity index (χ3n) is 8.91. The number of fused-ring (bicyclic) bond motifs is 2. The van der Waals surface area contributed by atoms with Crippen molar-refractivity contribution in [3.8, 4) is 5.75 Å². The van der Waals surface area contributed by atoms with Crippen molar-refractivity contribution < 1.29 is 28.6 Å². The number of benzene rings is 1. The Hall–Kier alpha value is -4.05. The van der Waals surface area contributed by atoms with E-state index in [1.807, 2.05) is 30.9 Å². The van der Waals surface area contributed by atoms with Gasteiger partial charge >= 0.3 is 11.6 Å². The maximum atomic E-state index is 13.1. The number of nitrogens with two attached hydrogens (primary N) is 1. The van der Waals surface area contributed by atoms with Crippen molar-refractivity contribution >= 4 is 22.8 Å². The van der Waals surface area contributed by atoms with Gasteiger partial charge < -0.3 is 34.9 Å². The predicted molar refractivity (Wildman–Crippen MR) is 162 cm³/mol. The van der Waals surface area contributed by atoms with Gasteiger partial charge in [-0.25, -0.2) is 9.59 Å². The van der Waals surface area contributed by atoms with Crippen molar-refractivity contribution in [3.63, 3.8) is 0 Å². The van der Waals surface area contributed by atoms with E-state index in [0.29, 0.717) is 60.5 Å². The highest BCUT2D eigenvalue weighted by molar-refractivity contribution is 5.88. The molecule has 10 nitrogen and oxygen atoms in total. The summed E-state index contributed by atoms with van der Waals surface area (Å²) in [4.78, 5) is 40.5. The van der Waals surface area contributed by atoms with Gasteiger partial charge in [0.1, 0.15) is 16.9 Å². The lowest BCUT2D eigenvalue weighted by Gasteiger charge is -2.43. The fourth-order valence-electron chi connectivity index (χ4n) is 5.82. The number of esters is 1. The molecule has 0 spiro atoms. The Bertz CT molecular complexity index is 1600. The van der Waals surface area contributed by atoms with E-state index in [9.17, 15) is 19.5 Å². The fourth-order valence-corrected chi connectivity index (χ4v) is 5.82. The highest BCUT2D eigenvalue weighted by atomic mass is 16.6. The number of nitrogens with zero attached hydrogens (tertiary/aromatic N) is 1. The average Bonchev–Trinajstić information content (AvgIpc) is 3.29. The minimum absolute atomic E-state index is 0.0194. The zero-order valence-corrected chi connectivity index (χ0v) is 25.4. The highest BCUT2D eigenvalue weighted by Crippen LogP contribution is 2.48. The molecule has 0 bridgehead atoms. The molecule has 4 N–H and O–H groups in total. The lowest BCUT2D eigenvalue weighted by molar-refractivity contribution is -0.174. The van der Waals surface area contributed by atoms with Crippen molar-refractivity contribution in [1.29, 1.82) is 0 Å². The van der Waals surface area contributed by atoms with Crippen LogP contribution in [0.1, 0.15) is 64.5 Å². The van der Waals surface area contributed by atoms with Crippen molar-refractivity contribution in [1.82, 2.24) is 10.2 Å². The number of allylic oxidation sites excluding steroid dienone is 2. The molecule has 43 heavy (non-hydrogen) atoms. The standard InChI is InChI=1S/C33H41N3O7/c1-5-20(2)30(39)43-32(3,4)33(17-23-14-28(34)35-19-25(23)15-29(38)36-9-7-10-36)18-24-13-22-12-21(8-6-11-37)31(40)41-26(22)16-27(24)42-33/h5,12-14,16,35,37H,6-11,15,17-19,34H2,1-4H3/b20-5+/t33-/m0/s1. The third-order valence-corrected chi connectivity index (χ3v) is 8.91. The molecule has 0 saturated carbocycles. The molecule has 1 aromatic carbocycles. The summed E-state index contributed by atoms with van der Waals surface area (Å²) in [6.45, 7) is 9.12. The van der Waals surface area contributed by atoms with E-state index < -0.39 is 22.8 Å². The molecule has 0 aliphatic carbocycles. The van der Waals surface area contributed by atoms with Crippen molar-refractivity contribution in [3.05, 3.63) is 74.4 Å². The van der Waals surface area contributed by atoms with Gasteiger partial charge in [0, 0.05) is 61.7 Å². The Morgan fingerprint density at radius 1 is 1.26 bits per heavy atom. The van der Waals surface area contributed by atoms with E-state index in [-0.39, 0.29) is 18.9 Å². The number of rotatable bonds is 10. The number of aliphatic hydroxyl groups is 1. The van der Waals surface area contributed by atoms with E-state index in [4.69, 9.17) is 19.6 Å². The van der Waals surface area contributed by atoms with Crippen LogP contribution in [0, 0.1) is 0 Å². The minimum atomic E-state index is -1.13. The molecule has 10 heteroatoms. The van der Waals surface area contributed by atoms with Gasteiger partial charge in [-0.3, -0.25) is 4.79 Å². The van der Waals surface area contributed by atoms with Crippen LogP contribution in [0.5, 0.6) is 5.75 Å². The number of likely N-dealkylation sites (tertiary alicyclic amines) is 1. The molecule has 1 amide bonds. The lowest BCUT2D eigenvalue weighted by Crippen LogP contribution is -2.56. The SMILES string of the molecule is C/C=C(\C)C(=O)OC(C)(C)[C@]1(CC2=C(CC(=O)N3CCC3)CNC(N)=C2)Cc2cc3cc(CCCO)c(=O)oc3cc2O1. The number of amides is 1. The van der Waals surface area contributed by atoms with E-state index in [1.54, 1.807) is 32.1 Å². The van der Waals surface area contributed by atoms with Crippen molar-refractivity contribution in [2.45, 2.75) is 77.4 Å². The Kier molecular flexibility index (Phi) is 8.42. The van der Waals surface area contributed by atoms with Crippen molar-refractivity contribution in [2.24, 2.45) is 5.73 Å². The monoisotopic (exact) mass is 591 g/mol. The van der Waals surface area contributed by atoms with Crippen LogP contribution in [-0.2, 0) is 27.2 Å². The molecule has 5 rings (SSSR count).